The topological polar surface area (TPSA) is 77.7 Å². The van der Waals surface area contributed by atoms with Crippen LogP contribution in [0.1, 0.15) is 12.3 Å². The van der Waals surface area contributed by atoms with E-state index in [2.05, 4.69) is 10.1 Å². The average Bonchev–Trinajstić information content (AvgIpc) is 3.22. The van der Waals surface area contributed by atoms with Gasteiger partial charge in [0.05, 0.1) is 13.7 Å². The Morgan fingerprint density at radius 1 is 1.10 bits per heavy atom. The van der Waals surface area contributed by atoms with Crippen molar-refractivity contribution in [1.29, 1.82) is 0 Å². The van der Waals surface area contributed by atoms with Crippen LogP contribution in [-0.2, 0) is 11.2 Å². The lowest BCUT2D eigenvalue weighted by Crippen LogP contribution is -2.31. The van der Waals surface area contributed by atoms with Gasteiger partial charge in [-0.1, -0.05) is 5.16 Å². The van der Waals surface area contributed by atoms with Gasteiger partial charge in [-0.25, -0.2) is 4.39 Å². The molecule has 0 unspecified atom stereocenters. The molecule has 152 valence electrons. The highest BCUT2D eigenvalue weighted by Gasteiger charge is 2.13. The fraction of sp³-hybridized carbons (Fsp3) is 0.286. The monoisotopic (exact) mass is 399 g/mol. The molecule has 7 nitrogen and oxygen atoms in total. The second kappa shape index (κ2) is 9.68. The van der Waals surface area contributed by atoms with Crippen LogP contribution in [0.3, 0.4) is 0 Å². The third-order valence-corrected chi connectivity index (χ3v) is 4.30. The van der Waals surface area contributed by atoms with E-state index in [4.69, 9.17) is 14.0 Å². The summed E-state index contributed by atoms with van der Waals surface area (Å²) >= 11 is 0. The van der Waals surface area contributed by atoms with Gasteiger partial charge in [0.1, 0.15) is 23.9 Å². The fourth-order valence-electron chi connectivity index (χ4n) is 2.57. The summed E-state index contributed by atoms with van der Waals surface area (Å²) in [6.07, 6.45) is 0.600. The molecule has 3 aromatic rings. The quantitative estimate of drug-likeness (QED) is 0.549. The normalized spacial score (nSPS) is 10.6. The number of carbonyl (C=O) groups excluding carboxylic acids is 1. The van der Waals surface area contributed by atoms with Crippen molar-refractivity contribution in [3.8, 4) is 22.9 Å². The minimum Gasteiger partial charge on any atom is -0.497 e. The van der Waals surface area contributed by atoms with E-state index in [1.54, 1.807) is 31.2 Å². The number of amides is 1. The van der Waals surface area contributed by atoms with Crippen LogP contribution >= 0.6 is 0 Å². The van der Waals surface area contributed by atoms with Crippen LogP contribution in [-0.4, -0.2) is 48.3 Å². The number of benzene rings is 2. The summed E-state index contributed by atoms with van der Waals surface area (Å²) in [6, 6.07) is 13.1. The zero-order valence-electron chi connectivity index (χ0n) is 16.3. The van der Waals surface area contributed by atoms with Crippen molar-refractivity contribution >= 4 is 5.91 Å². The van der Waals surface area contributed by atoms with E-state index in [0.29, 0.717) is 37.0 Å². The lowest BCUT2D eigenvalue weighted by atomic mass is 10.2. The van der Waals surface area contributed by atoms with Gasteiger partial charge < -0.3 is 18.9 Å². The van der Waals surface area contributed by atoms with Crippen LogP contribution in [0.4, 0.5) is 4.39 Å². The van der Waals surface area contributed by atoms with Gasteiger partial charge in [0.25, 0.3) is 0 Å². The zero-order valence-corrected chi connectivity index (χ0v) is 16.3. The van der Waals surface area contributed by atoms with E-state index in [-0.39, 0.29) is 18.1 Å². The predicted molar refractivity (Wildman–Crippen MR) is 104 cm³/mol. The van der Waals surface area contributed by atoms with Gasteiger partial charge in [-0.05, 0) is 48.5 Å². The van der Waals surface area contributed by atoms with Crippen LogP contribution in [0.25, 0.3) is 11.4 Å². The molecule has 1 heterocycles. The third-order valence-electron chi connectivity index (χ3n) is 4.30. The summed E-state index contributed by atoms with van der Waals surface area (Å²) in [5.41, 5.74) is 0.808. The van der Waals surface area contributed by atoms with Crippen molar-refractivity contribution in [1.82, 2.24) is 15.0 Å². The number of likely N-dealkylation sites (N-methyl/N-ethyl adjacent to an activating group) is 1. The van der Waals surface area contributed by atoms with Gasteiger partial charge in [-0.3, -0.25) is 4.79 Å². The van der Waals surface area contributed by atoms with Crippen molar-refractivity contribution < 1.29 is 23.2 Å². The van der Waals surface area contributed by atoms with Gasteiger partial charge in [-0.15, -0.1) is 0 Å². The highest BCUT2D eigenvalue weighted by molar-refractivity contribution is 5.76. The van der Waals surface area contributed by atoms with Crippen molar-refractivity contribution in [2.24, 2.45) is 0 Å². The van der Waals surface area contributed by atoms with E-state index in [1.807, 2.05) is 24.3 Å². The van der Waals surface area contributed by atoms with Gasteiger partial charge >= 0.3 is 0 Å². The second-order valence-corrected chi connectivity index (χ2v) is 6.36. The summed E-state index contributed by atoms with van der Waals surface area (Å²) in [5, 5.41) is 3.96. The highest BCUT2D eigenvalue weighted by Crippen LogP contribution is 2.20. The number of rotatable bonds is 9. The Morgan fingerprint density at radius 3 is 2.48 bits per heavy atom. The molecule has 0 radical (unpaired) electrons. The smallest absolute Gasteiger partial charge is 0.227 e. The molecular weight excluding hydrogens is 377 g/mol. The molecule has 0 atom stereocenters. The molecule has 0 saturated heterocycles. The first-order valence-electron chi connectivity index (χ1n) is 9.14. The van der Waals surface area contributed by atoms with Gasteiger partial charge in [0.15, 0.2) is 0 Å². The van der Waals surface area contributed by atoms with Crippen LogP contribution in [0, 0.1) is 5.82 Å². The first-order chi connectivity index (χ1) is 14.0. The molecule has 0 aliphatic rings. The summed E-state index contributed by atoms with van der Waals surface area (Å²) in [4.78, 5) is 18.2. The zero-order chi connectivity index (χ0) is 20.6. The Morgan fingerprint density at radius 2 is 1.79 bits per heavy atom. The maximum Gasteiger partial charge on any atom is 0.227 e. The van der Waals surface area contributed by atoms with E-state index in [9.17, 15) is 9.18 Å². The molecule has 8 heteroatoms. The molecule has 2 aromatic carbocycles. The molecule has 3 rings (SSSR count). The van der Waals surface area contributed by atoms with E-state index < -0.39 is 0 Å². The molecule has 0 fully saturated rings. The minimum absolute atomic E-state index is 0.0584. The molecule has 1 amide bonds. The van der Waals surface area contributed by atoms with E-state index in [1.165, 1.54) is 12.1 Å². The molecule has 29 heavy (non-hydrogen) atoms. The Bertz CT molecular complexity index is 926. The lowest BCUT2D eigenvalue weighted by molar-refractivity contribution is -0.130. The molecule has 0 N–H and O–H groups in total. The van der Waals surface area contributed by atoms with Gasteiger partial charge in [0.2, 0.25) is 17.6 Å². The maximum absolute atomic E-state index is 12.9. The predicted octanol–water partition coefficient (Wildman–Crippen LogP) is 3.35. The molecule has 0 bridgehead atoms. The Hall–Kier alpha value is -3.42. The van der Waals surface area contributed by atoms with Crippen LogP contribution in [0.15, 0.2) is 53.1 Å². The molecule has 0 aliphatic carbocycles. The Kier molecular flexibility index (Phi) is 6.78. The van der Waals surface area contributed by atoms with Crippen LogP contribution < -0.4 is 9.47 Å². The van der Waals surface area contributed by atoms with Crippen molar-refractivity contribution in [2.75, 3.05) is 27.3 Å². The fourth-order valence-corrected chi connectivity index (χ4v) is 2.57. The van der Waals surface area contributed by atoms with E-state index in [0.717, 1.165) is 11.3 Å². The Labute approximate surface area is 168 Å². The highest BCUT2D eigenvalue weighted by atomic mass is 19.1. The largest absolute Gasteiger partial charge is 0.497 e. The average molecular weight is 399 g/mol. The number of methoxy groups -OCH3 is 1. The van der Waals surface area contributed by atoms with Crippen molar-refractivity contribution in [2.45, 2.75) is 12.8 Å². The van der Waals surface area contributed by atoms with Gasteiger partial charge in [0, 0.05) is 25.5 Å². The van der Waals surface area contributed by atoms with E-state index >= 15 is 0 Å². The SMILES string of the molecule is COc1ccc(-c2noc(CCC(=O)N(C)CCOc3ccc(F)cc3)n2)cc1. The second-order valence-electron chi connectivity index (χ2n) is 6.36. The first kappa shape index (κ1) is 20.3. The summed E-state index contributed by atoms with van der Waals surface area (Å²) in [7, 11) is 3.30. The number of aryl methyl sites for hydroxylation is 1. The molecule has 0 saturated carbocycles. The number of hydrogen-bond donors (Lipinski definition) is 0. The number of aromatic nitrogens is 2. The van der Waals surface area contributed by atoms with Crippen LogP contribution in [0.2, 0.25) is 0 Å². The van der Waals surface area contributed by atoms with Crippen molar-refractivity contribution in [3.05, 3.63) is 60.2 Å². The molecular formula is C21H22FN3O4. The molecule has 1 aromatic heterocycles. The summed E-state index contributed by atoms with van der Waals surface area (Å²) in [6.45, 7) is 0.729. The summed E-state index contributed by atoms with van der Waals surface area (Å²) in [5.74, 6) is 1.80. The number of carbonyl (C=O) groups is 1. The third kappa shape index (κ3) is 5.78. The molecule has 0 aliphatic heterocycles. The lowest BCUT2D eigenvalue weighted by Gasteiger charge is -2.17. The summed E-state index contributed by atoms with van der Waals surface area (Å²) < 4.78 is 28.7. The number of nitrogens with zero attached hydrogens (tertiary/aromatic N) is 3. The number of ether oxygens (including phenoxy) is 2. The van der Waals surface area contributed by atoms with Crippen molar-refractivity contribution in [3.63, 3.8) is 0 Å². The first-order valence-corrected chi connectivity index (χ1v) is 9.14. The van der Waals surface area contributed by atoms with Gasteiger partial charge in [-0.2, -0.15) is 4.98 Å². The minimum atomic E-state index is -0.319. The Balaban J connectivity index is 1.43. The standard InChI is InChI=1S/C21H22FN3O4/c1-25(13-14-28-18-9-5-16(22)6-10-18)20(26)12-11-19-23-21(24-29-19)15-3-7-17(27-2)8-4-15/h3-10H,11-14H2,1-2H3. The molecule has 0 spiro atoms. The number of halogens is 1. The number of hydrogen-bond acceptors (Lipinski definition) is 6. The maximum atomic E-state index is 12.9. The van der Waals surface area contributed by atoms with Crippen LogP contribution in [0.5, 0.6) is 11.5 Å².